The molecule has 4 aromatic rings. The van der Waals surface area contributed by atoms with Crippen LogP contribution in [0.2, 0.25) is 0 Å². The summed E-state index contributed by atoms with van der Waals surface area (Å²) in [6.45, 7) is 1.86. The van der Waals surface area contributed by atoms with Crippen molar-refractivity contribution in [1.82, 2.24) is 40.8 Å². The van der Waals surface area contributed by atoms with E-state index in [0.29, 0.717) is 22.3 Å². The summed E-state index contributed by atoms with van der Waals surface area (Å²) in [6.07, 6.45) is 1.22. The predicted molar refractivity (Wildman–Crippen MR) is 130 cm³/mol. The number of aromatic nitrogens is 4. The van der Waals surface area contributed by atoms with Crippen LogP contribution < -0.4 is 21.3 Å². The van der Waals surface area contributed by atoms with Crippen molar-refractivity contribution < 1.29 is 23.6 Å². The molecule has 1 aliphatic rings. The first kappa shape index (κ1) is 24.5. The third-order valence-corrected chi connectivity index (χ3v) is 5.90. The SMILES string of the molecule is Cc1cc(CNC(=O)c2cc(C(=O)NCc3cccc(C4NC(=O)NC4=O)c3)nc3ncnn23)ccc1F. The lowest BCUT2D eigenvalue weighted by Crippen LogP contribution is -2.28. The fraction of sp³-hybridized carbons (Fsp3) is 0.160. The zero-order valence-corrected chi connectivity index (χ0v) is 20.0. The number of fused-ring (bicyclic) bond motifs is 1. The lowest BCUT2D eigenvalue weighted by molar-refractivity contribution is -0.120. The number of rotatable bonds is 7. The molecule has 0 spiro atoms. The number of imide groups is 1. The molecule has 38 heavy (non-hydrogen) atoms. The summed E-state index contributed by atoms with van der Waals surface area (Å²) in [7, 11) is 0. The highest BCUT2D eigenvalue weighted by Gasteiger charge is 2.30. The number of aryl methyl sites for hydroxylation is 1. The van der Waals surface area contributed by atoms with Crippen molar-refractivity contribution >= 4 is 29.5 Å². The molecule has 12 nitrogen and oxygen atoms in total. The Bertz CT molecular complexity index is 1600. The van der Waals surface area contributed by atoms with Gasteiger partial charge in [-0.05, 0) is 35.2 Å². The smallest absolute Gasteiger partial charge is 0.322 e. The fourth-order valence-corrected chi connectivity index (χ4v) is 3.99. The normalized spacial score (nSPS) is 14.7. The van der Waals surface area contributed by atoms with Crippen LogP contribution in [0.25, 0.3) is 5.78 Å². The Balaban J connectivity index is 1.30. The summed E-state index contributed by atoms with van der Waals surface area (Å²) < 4.78 is 14.7. The topological polar surface area (TPSA) is 159 Å². The van der Waals surface area contributed by atoms with Crippen LogP contribution in [0.3, 0.4) is 0 Å². The number of hydrogen-bond acceptors (Lipinski definition) is 7. The maximum atomic E-state index is 13.5. The maximum absolute atomic E-state index is 13.5. The quantitative estimate of drug-likeness (QED) is 0.270. The minimum atomic E-state index is -0.810. The Kier molecular flexibility index (Phi) is 6.47. The van der Waals surface area contributed by atoms with E-state index in [-0.39, 0.29) is 36.1 Å². The van der Waals surface area contributed by atoms with Gasteiger partial charge in [-0.25, -0.2) is 14.2 Å². The molecule has 3 heterocycles. The number of urea groups is 1. The highest BCUT2D eigenvalue weighted by Crippen LogP contribution is 2.18. The molecule has 0 bridgehead atoms. The number of nitrogens with zero attached hydrogens (tertiary/aromatic N) is 4. The average Bonchev–Trinajstić information content (AvgIpc) is 3.52. The molecule has 13 heteroatoms. The minimum absolute atomic E-state index is 0.0430. The van der Waals surface area contributed by atoms with Gasteiger partial charge in [-0.2, -0.15) is 14.6 Å². The van der Waals surface area contributed by atoms with Gasteiger partial charge >= 0.3 is 6.03 Å². The third kappa shape index (κ3) is 5.02. The highest BCUT2D eigenvalue weighted by molar-refractivity contribution is 6.04. The first-order chi connectivity index (χ1) is 18.3. The summed E-state index contributed by atoms with van der Waals surface area (Å²) >= 11 is 0. The summed E-state index contributed by atoms with van der Waals surface area (Å²) in [5, 5.41) is 14.2. The van der Waals surface area contributed by atoms with Crippen LogP contribution in [0.4, 0.5) is 9.18 Å². The van der Waals surface area contributed by atoms with Crippen molar-refractivity contribution in [2.24, 2.45) is 0 Å². The molecule has 2 aromatic heterocycles. The van der Waals surface area contributed by atoms with Crippen LogP contribution in [0.15, 0.2) is 54.9 Å². The predicted octanol–water partition coefficient (Wildman–Crippen LogP) is 1.31. The van der Waals surface area contributed by atoms with Gasteiger partial charge in [-0.1, -0.05) is 36.4 Å². The molecule has 5 rings (SSSR count). The molecule has 1 unspecified atom stereocenters. The Hall–Kier alpha value is -5.20. The second kappa shape index (κ2) is 10.0. The standard InChI is InChI=1S/C25H21FN8O4/c1-13-7-15(5-6-17(13)26)11-28-22(36)19-9-18(31-24-29-12-30-34(19)24)21(35)27-10-14-3-2-4-16(8-14)20-23(37)33-25(38)32-20/h2-9,12,20H,10-11H2,1H3,(H,27,35)(H,28,36)(H2,32,33,37,38). The Labute approximate surface area is 214 Å². The molecule has 1 atom stereocenters. The van der Waals surface area contributed by atoms with Crippen molar-refractivity contribution in [2.75, 3.05) is 0 Å². The summed E-state index contributed by atoms with van der Waals surface area (Å²) in [4.78, 5) is 57.4. The molecule has 192 valence electrons. The van der Waals surface area contributed by atoms with Crippen LogP contribution in [0.1, 0.15) is 49.3 Å². The maximum Gasteiger partial charge on any atom is 0.322 e. The zero-order valence-electron chi connectivity index (χ0n) is 20.0. The van der Waals surface area contributed by atoms with Gasteiger partial charge in [-0.3, -0.25) is 19.7 Å². The average molecular weight is 516 g/mol. The van der Waals surface area contributed by atoms with E-state index in [0.717, 1.165) is 0 Å². The Morgan fingerprint density at radius 2 is 1.79 bits per heavy atom. The lowest BCUT2D eigenvalue weighted by Gasteiger charge is -2.11. The number of amides is 5. The summed E-state index contributed by atoms with van der Waals surface area (Å²) in [5.41, 5.74) is 2.41. The summed E-state index contributed by atoms with van der Waals surface area (Å²) in [6, 6.07) is 11.3. The lowest BCUT2D eigenvalue weighted by atomic mass is 10.0. The monoisotopic (exact) mass is 516 g/mol. The van der Waals surface area contributed by atoms with E-state index in [1.807, 2.05) is 0 Å². The molecule has 0 aliphatic carbocycles. The highest BCUT2D eigenvalue weighted by atomic mass is 19.1. The second-order valence-electron chi connectivity index (χ2n) is 8.59. The van der Waals surface area contributed by atoms with E-state index in [2.05, 4.69) is 36.3 Å². The van der Waals surface area contributed by atoms with E-state index in [1.54, 1.807) is 43.3 Å². The first-order valence-electron chi connectivity index (χ1n) is 11.5. The van der Waals surface area contributed by atoms with Crippen LogP contribution >= 0.6 is 0 Å². The summed E-state index contributed by atoms with van der Waals surface area (Å²) in [5.74, 6) is -1.82. The molecule has 1 fully saturated rings. The second-order valence-corrected chi connectivity index (χ2v) is 8.59. The van der Waals surface area contributed by atoms with Gasteiger partial charge < -0.3 is 16.0 Å². The number of benzene rings is 2. The molecular formula is C25H21FN8O4. The van der Waals surface area contributed by atoms with Gasteiger partial charge in [-0.15, -0.1) is 0 Å². The van der Waals surface area contributed by atoms with Crippen LogP contribution in [0.5, 0.6) is 0 Å². The van der Waals surface area contributed by atoms with E-state index in [9.17, 15) is 23.6 Å². The number of halogens is 1. The number of carbonyl (C=O) groups excluding carboxylic acids is 4. The molecule has 1 saturated heterocycles. The molecule has 4 N–H and O–H groups in total. The van der Waals surface area contributed by atoms with E-state index < -0.39 is 29.8 Å². The first-order valence-corrected chi connectivity index (χ1v) is 11.5. The van der Waals surface area contributed by atoms with Gasteiger partial charge in [0.05, 0.1) is 0 Å². The molecule has 1 aliphatic heterocycles. The van der Waals surface area contributed by atoms with Gasteiger partial charge in [0.25, 0.3) is 23.5 Å². The third-order valence-electron chi connectivity index (χ3n) is 5.90. The van der Waals surface area contributed by atoms with Crippen LogP contribution in [0, 0.1) is 12.7 Å². The van der Waals surface area contributed by atoms with E-state index in [1.165, 1.54) is 23.0 Å². The van der Waals surface area contributed by atoms with Crippen LogP contribution in [-0.2, 0) is 17.9 Å². The van der Waals surface area contributed by atoms with Gasteiger partial charge in [0.15, 0.2) is 0 Å². The van der Waals surface area contributed by atoms with Crippen molar-refractivity contribution in [3.8, 4) is 0 Å². The van der Waals surface area contributed by atoms with E-state index in [4.69, 9.17) is 0 Å². The van der Waals surface area contributed by atoms with Crippen LogP contribution in [-0.4, -0.2) is 43.3 Å². The number of nitrogens with one attached hydrogen (secondary N) is 4. The molecule has 2 aromatic carbocycles. The number of carbonyl (C=O) groups is 4. The largest absolute Gasteiger partial charge is 0.347 e. The molecule has 5 amide bonds. The minimum Gasteiger partial charge on any atom is -0.347 e. The van der Waals surface area contributed by atoms with Crippen molar-refractivity contribution in [2.45, 2.75) is 26.1 Å². The Morgan fingerprint density at radius 1 is 1.03 bits per heavy atom. The molecule has 0 saturated carbocycles. The van der Waals surface area contributed by atoms with Gasteiger partial charge in [0, 0.05) is 19.2 Å². The van der Waals surface area contributed by atoms with Crippen molar-refractivity contribution in [1.29, 1.82) is 0 Å². The molecular weight excluding hydrogens is 495 g/mol. The van der Waals surface area contributed by atoms with Gasteiger partial charge in [0.2, 0.25) is 0 Å². The molecule has 0 radical (unpaired) electrons. The Morgan fingerprint density at radius 3 is 2.53 bits per heavy atom. The van der Waals surface area contributed by atoms with E-state index >= 15 is 0 Å². The zero-order chi connectivity index (χ0) is 26.8. The van der Waals surface area contributed by atoms with Crippen molar-refractivity contribution in [3.05, 3.63) is 94.3 Å². The van der Waals surface area contributed by atoms with Crippen molar-refractivity contribution in [3.63, 3.8) is 0 Å². The van der Waals surface area contributed by atoms with Gasteiger partial charge in [0.1, 0.15) is 29.6 Å². The number of hydrogen-bond donors (Lipinski definition) is 4. The fourth-order valence-electron chi connectivity index (χ4n) is 3.99.